The van der Waals surface area contributed by atoms with E-state index in [1.165, 1.54) is 15.9 Å². The molecule has 0 saturated carbocycles. The Balaban J connectivity index is 1.49. The highest BCUT2D eigenvalue weighted by Crippen LogP contribution is 2.56. The lowest BCUT2D eigenvalue weighted by atomic mass is 9.83. The van der Waals surface area contributed by atoms with Gasteiger partial charge in [-0.2, -0.15) is 4.98 Å². The molecule has 4 heterocycles. The van der Waals surface area contributed by atoms with Crippen molar-refractivity contribution in [3.8, 4) is 0 Å². The molecule has 1 saturated heterocycles. The largest absolute Gasteiger partial charge is 0.420 e. The second-order valence-electron chi connectivity index (χ2n) is 12.7. The van der Waals surface area contributed by atoms with Gasteiger partial charge in [-0.25, -0.2) is 0 Å². The van der Waals surface area contributed by atoms with Gasteiger partial charge < -0.3 is 13.9 Å². The molecule has 1 fully saturated rings. The smallest absolute Gasteiger partial charge is 0.261 e. The van der Waals surface area contributed by atoms with Gasteiger partial charge in [0.15, 0.2) is 7.26 Å². The van der Waals surface area contributed by atoms with Gasteiger partial charge in [-0.05, 0) is 54.8 Å². The van der Waals surface area contributed by atoms with Gasteiger partial charge in [-0.15, -0.1) is 0 Å². The predicted octanol–water partition coefficient (Wildman–Crippen LogP) is 5.38. The highest BCUT2D eigenvalue weighted by molar-refractivity contribution is 8.01. The monoisotopic (exact) mass is 574 g/mol. The summed E-state index contributed by atoms with van der Waals surface area (Å²) in [6.45, 7) is 8.90. The van der Waals surface area contributed by atoms with Gasteiger partial charge >= 0.3 is 0 Å². The van der Waals surface area contributed by atoms with Crippen molar-refractivity contribution in [2.75, 3.05) is 18.0 Å². The van der Waals surface area contributed by atoms with Crippen LogP contribution in [0, 0.1) is 5.92 Å². The molecule has 2 aliphatic rings. The van der Waals surface area contributed by atoms with Crippen LogP contribution in [0.25, 0.3) is 0 Å². The fourth-order valence-corrected chi connectivity index (χ4v) is 11.1. The Bertz CT molecular complexity index is 1660. The summed E-state index contributed by atoms with van der Waals surface area (Å²) in [5.41, 5.74) is 2.00. The molecule has 2 aromatic heterocycles. The number of piperidine rings is 1. The van der Waals surface area contributed by atoms with Gasteiger partial charge in [0.1, 0.15) is 15.9 Å². The van der Waals surface area contributed by atoms with Crippen molar-refractivity contribution in [2.24, 2.45) is 5.92 Å². The van der Waals surface area contributed by atoms with E-state index in [1.54, 1.807) is 6.07 Å². The Hall–Kier alpha value is -3.95. The van der Waals surface area contributed by atoms with E-state index < -0.39 is 7.26 Å². The van der Waals surface area contributed by atoms with Gasteiger partial charge in [0, 0.05) is 42.7 Å². The maximum Gasteiger partial charge on any atom is 0.261 e. The lowest BCUT2D eigenvalue weighted by Gasteiger charge is -2.42. The Labute approximate surface area is 248 Å². The van der Waals surface area contributed by atoms with Crippen molar-refractivity contribution in [3.63, 3.8) is 0 Å². The van der Waals surface area contributed by atoms with Crippen molar-refractivity contribution in [3.05, 3.63) is 131 Å². The second kappa shape index (κ2) is 10.4. The normalized spacial score (nSPS) is 18.5. The van der Waals surface area contributed by atoms with E-state index in [-0.39, 0.29) is 16.9 Å². The van der Waals surface area contributed by atoms with Crippen LogP contribution in [-0.4, -0.2) is 22.6 Å². The van der Waals surface area contributed by atoms with Crippen molar-refractivity contribution < 1.29 is 4.42 Å². The minimum atomic E-state index is -2.46. The first kappa shape index (κ1) is 26.9. The first-order valence-electron chi connectivity index (χ1n) is 14.9. The lowest BCUT2D eigenvalue weighted by molar-refractivity contribution is 0.272. The van der Waals surface area contributed by atoms with Crippen LogP contribution in [0.2, 0.25) is 0 Å². The first-order chi connectivity index (χ1) is 20.4. The fraction of sp³-hybridized carbons (Fsp3) is 0.278. The van der Waals surface area contributed by atoms with Crippen LogP contribution >= 0.6 is 7.26 Å². The van der Waals surface area contributed by atoms with E-state index in [0.717, 1.165) is 49.0 Å². The molecule has 7 rings (SSSR count). The zero-order valence-corrected chi connectivity index (χ0v) is 25.4. The number of hydrogen-bond donors (Lipinski definition) is 0. The Morgan fingerprint density at radius 2 is 1.31 bits per heavy atom. The molecule has 2 aliphatic heterocycles. The second-order valence-corrected chi connectivity index (χ2v) is 16.0. The molecule has 3 aromatic carbocycles. The molecular formula is C36H37N3O2P+. The summed E-state index contributed by atoms with van der Waals surface area (Å²) in [4.78, 5) is 20.7. The van der Waals surface area contributed by atoms with E-state index in [2.05, 4.69) is 123 Å². The van der Waals surface area contributed by atoms with Crippen molar-refractivity contribution in [1.29, 1.82) is 0 Å². The summed E-state index contributed by atoms with van der Waals surface area (Å²) in [7, 11) is -2.46. The van der Waals surface area contributed by atoms with Gasteiger partial charge in [0.05, 0.1) is 0 Å². The first-order valence-corrected chi connectivity index (χ1v) is 16.7. The molecular weight excluding hydrogens is 537 g/mol. The number of benzene rings is 3. The Kier molecular flexibility index (Phi) is 6.66. The average Bonchev–Trinajstić information content (AvgIpc) is 3.47. The standard InChI is InChI=1S/C36H37N3O2P/c1-36(2,3)35-37-33(34(41-35)38-23-26-22-27(25-38)31-20-13-21-32(40)39(31)24-26)42(28-14-7-4-8-15-28,29-16-9-5-10-17-29)30-18-11-6-12-19-30/h4-21,26-27H,22-25H2,1-3H3/q+1/t26-,27-/m0/s1. The van der Waals surface area contributed by atoms with E-state index in [9.17, 15) is 4.79 Å². The van der Waals surface area contributed by atoms with Crippen LogP contribution in [0.5, 0.6) is 0 Å². The number of nitrogens with zero attached hydrogens (tertiary/aromatic N) is 3. The molecule has 0 aliphatic carbocycles. The van der Waals surface area contributed by atoms with Crippen LogP contribution < -0.4 is 31.8 Å². The topological polar surface area (TPSA) is 51.3 Å². The molecule has 6 heteroatoms. The molecule has 5 aromatic rings. The van der Waals surface area contributed by atoms with Crippen molar-refractivity contribution in [2.45, 2.75) is 45.1 Å². The SMILES string of the molecule is CC(C)(C)c1nc([P+](c2ccccc2)(c2ccccc2)c2ccccc2)c(N2C[C@@H]3C[C@@H](C2)c2cccc(=O)n2C3)o1. The third kappa shape index (κ3) is 4.42. The summed E-state index contributed by atoms with van der Waals surface area (Å²) in [5.74, 6) is 2.27. The van der Waals surface area contributed by atoms with E-state index in [4.69, 9.17) is 9.40 Å². The van der Waals surface area contributed by atoms with Crippen LogP contribution in [0.4, 0.5) is 5.88 Å². The summed E-state index contributed by atoms with van der Waals surface area (Å²) in [5, 5.41) is 3.77. The number of aromatic nitrogens is 2. The summed E-state index contributed by atoms with van der Waals surface area (Å²) < 4.78 is 8.93. The van der Waals surface area contributed by atoms with Crippen LogP contribution in [0.3, 0.4) is 0 Å². The van der Waals surface area contributed by atoms with Crippen LogP contribution in [-0.2, 0) is 12.0 Å². The Morgan fingerprint density at radius 1 is 0.738 bits per heavy atom. The number of hydrogen-bond acceptors (Lipinski definition) is 4. The number of pyridine rings is 1. The van der Waals surface area contributed by atoms with Gasteiger partial charge in [0.25, 0.3) is 16.9 Å². The van der Waals surface area contributed by atoms with Gasteiger partial charge in [0.2, 0.25) is 5.89 Å². The zero-order chi connectivity index (χ0) is 28.9. The average molecular weight is 575 g/mol. The lowest BCUT2D eigenvalue weighted by Crippen LogP contribution is -2.49. The summed E-state index contributed by atoms with van der Waals surface area (Å²) in [6, 6.07) is 38.4. The number of oxazole rings is 1. The molecule has 212 valence electrons. The predicted molar refractivity (Wildman–Crippen MR) is 174 cm³/mol. The van der Waals surface area contributed by atoms with Gasteiger partial charge in [-0.1, -0.05) is 81.4 Å². The molecule has 0 amide bonds. The minimum absolute atomic E-state index is 0.105. The third-order valence-electron chi connectivity index (χ3n) is 8.75. The molecule has 0 spiro atoms. The van der Waals surface area contributed by atoms with E-state index in [1.807, 2.05) is 10.6 Å². The molecule has 5 nitrogen and oxygen atoms in total. The molecule has 2 bridgehead atoms. The number of fused-ring (bicyclic) bond motifs is 4. The molecule has 0 unspecified atom stereocenters. The molecule has 2 atom stereocenters. The van der Waals surface area contributed by atoms with Crippen LogP contribution in [0.15, 0.2) is 118 Å². The number of rotatable bonds is 5. The summed E-state index contributed by atoms with van der Waals surface area (Å²) in [6.07, 6.45) is 1.09. The Morgan fingerprint density at radius 3 is 1.86 bits per heavy atom. The molecule has 0 N–H and O–H groups in total. The fourth-order valence-electron chi connectivity index (χ4n) is 6.88. The molecule has 0 radical (unpaired) electrons. The maximum absolute atomic E-state index is 12.7. The van der Waals surface area contributed by atoms with Crippen LogP contribution in [0.1, 0.15) is 44.7 Å². The quantitative estimate of drug-likeness (QED) is 0.265. The minimum Gasteiger partial charge on any atom is -0.420 e. The van der Waals surface area contributed by atoms with Gasteiger partial charge in [-0.3, -0.25) is 4.79 Å². The maximum atomic E-state index is 12.7. The van der Waals surface area contributed by atoms with E-state index in [0.29, 0.717) is 5.92 Å². The highest BCUT2D eigenvalue weighted by atomic mass is 31.2. The van der Waals surface area contributed by atoms with Crippen molar-refractivity contribution >= 4 is 34.5 Å². The highest BCUT2D eigenvalue weighted by Gasteiger charge is 2.54. The van der Waals surface area contributed by atoms with E-state index >= 15 is 0 Å². The van der Waals surface area contributed by atoms with Crippen molar-refractivity contribution in [1.82, 2.24) is 9.55 Å². The zero-order valence-electron chi connectivity index (χ0n) is 24.5. The molecule has 42 heavy (non-hydrogen) atoms. The summed E-state index contributed by atoms with van der Waals surface area (Å²) >= 11 is 0. The third-order valence-corrected chi connectivity index (χ3v) is 12.9. The number of anilines is 1.